The molecule has 5 aromatic rings. The van der Waals surface area contributed by atoms with Gasteiger partial charge in [0.1, 0.15) is 11.4 Å². The minimum Gasteiger partial charge on any atom is -0.504 e. The number of benzene rings is 2. The van der Waals surface area contributed by atoms with Crippen LogP contribution in [0.3, 0.4) is 0 Å². The van der Waals surface area contributed by atoms with Crippen LogP contribution in [0.1, 0.15) is 19.5 Å². The van der Waals surface area contributed by atoms with Crippen LogP contribution in [0.25, 0.3) is 22.5 Å². The highest BCUT2D eigenvalue weighted by Gasteiger charge is 2.33. The van der Waals surface area contributed by atoms with Gasteiger partial charge < -0.3 is 15.0 Å². The van der Waals surface area contributed by atoms with Crippen LogP contribution in [0, 0.1) is 6.92 Å². The number of aryl methyl sites for hydroxylation is 2. The van der Waals surface area contributed by atoms with Crippen LogP contribution in [-0.4, -0.2) is 39.3 Å². The molecule has 40 heavy (non-hydrogen) atoms. The highest BCUT2D eigenvalue weighted by atomic mass is 32.2. The Bertz CT molecular complexity index is 1840. The molecule has 0 amide bonds. The lowest BCUT2D eigenvalue weighted by Gasteiger charge is -2.31. The van der Waals surface area contributed by atoms with Crippen LogP contribution < -0.4 is 10.5 Å². The van der Waals surface area contributed by atoms with Gasteiger partial charge in [-0.05, 0) is 62.7 Å². The summed E-state index contributed by atoms with van der Waals surface area (Å²) in [6.07, 6.45) is 3.39. The normalized spacial score (nSPS) is 11.6. The van der Waals surface area contributed by atoms with Crippen LogP contribution in [-0.2, 0) is 16.9 Å². The number of aromatic amines is 1. The highest BCUT2D eigenvalue weighted by Crippen LogP contribution is 2.44. The quantitative estimate of drug-likeness (QED) is 0.282. The molecule has 0 atom stereocenters. The minimum absolute atomic E-state index is 0.120. The van der Waals surface area contributed by atoms with Crippen LogP contribution >= 0.6 is 0 Å². The van der Waals surface area contributed by atoms with E-state index in [2.05, 4.69) is 15.1 Å². The second-order valence-corrected chi connectivity index (χ2v) is 11.6. The first-order valence-electron chi connectivity index (χ1n) is 12.7. The first-order chi connectivity index (χ1) is 19.1. The molecule has 2 aromatic carbocycles. The molecule has 3 aromatic heterocycles. The van der Waals surface area contributed by atoms with Gasteiger partial charge in [0.15, 0.2) is 10.6 Å². The Kier molecular flexibility index (Phi) is 7.03. The van der Waals surface area contributed by atoms with Gasteiger partial charge in [-0.1, -0.05) is 36.4 Å². The Morgan fingerprint density at radius 1 is 0.975 bits per heavy atom. The molecule has 0 aliphatic rings. The first-order valence-corrected chi connectivity index (χ1v) is 14.2. The van der Waals surface area contributed by atoms with E-state index in [1.165, 1.54) is 12.1 Å². The summed E-state index contributed by atoms with van der Waals surface area (Å²) in [6, 6.07) is 20.6. The molecular weight excluding hydrogens is 526 g/mol. The largest absolute Gasteiger partial charge is 0.504 e. The molecular formula is C30H29N5O4S. The Morgan fingerprint density at radius 2 is 1.68 bits per heavy atom. The van der Waals surface area contributed by atoms with Gasteiger partial charge in [-0.25, -0.2) is 8.42 Å². The van der Waals surface area contributed by atoms with Gasteiger partial charge in [-0.15, -0.1) is 0 Å². The summed E-state index contributed by atoms with van der Waals surface area (Å²) in [7, 11) is -2.70. The first kappa shape index (κ1) is 26.9. The SMILES string of the molecule is Cc1ncccc1-c1ccc(S(=O)(=O)c2c(O)c(N(c3ccccc3)C(C)C)c(-c3ccn(C)n3)[nH]c2=O)cc1. The van der Waals surface area contributed by atoms with Crippen molar-refractivity contribution in [3.8, 4) is 28.3 Å². The van der Waals surface area contributed by atoms with Crippen LogP contribution in [0.4, 0.5) is 11.4 Å². The van der Waals surface area contributed by atoms with Gasteiger partial charge in [-0.3, -0.25) is 14.5 Å². The second-order valence-electron chi connectivity index (χ2n) is 9.69. The lowest BCUT2D eigenvalue weighted by atomic mass is 10.1. The summed E-state index contributed by atoms with van der Waals surface area (Å²) in [6.45, 7) is 5.69. The number of aromatic hydroxyl groups is 1. The third-order valence-corrected chi connectivity index (χ3v) is 8.44. The molecule has 0 saturated heterocycles. The van der Waals surface area contributed by atoms with Crippen molar-refractivity contribution in [2.24, 2.45) is 7.05 Å². The number of para-hydroxylation sites is 1. The number of H-pyrrole nitrogens is 1. The van der Waals surface area contributed by atoms with E-state index in [0.717, 1.165) is 16.8 Å². The lowest BCUT2D eigenvalue weighted by Crippen LogP contribution is -2.29. The maximum atomic E-state index is 13.9. The Morgan fingerprint density at radius 3 is 2.27 bits per heavy atom. The van der Waals surface area contributed by atoms with E-state index in [-0.39, 0.29) is 22.3 Å². The highest BCUT2D eigenvalue weighted by molar-refractivity contribution is 7.91. The third-order valence-electron chi connectivity index (χ3n) is 6.63. The molecule has 0 aliphatic carbocycles. The van der Waals surface area contributed by atoms with Crippen molar-refractivity contribution in [2.75, 3.05) is 4.90 Å². The van der Waals surface area contributed by atoms with Crippen LogP contribution in [0.5, 0.6) is 5.75 Å². The molecule has 0 aliphatic heterocycles. The molecule has 5 rings (SSSR count). The third kappa shape index (κ3) is 4.77. The van der Waals surface area contributed by atoms with Gasteiger partial charge in [0, 0.05) is 42.4 Å². The van der Waals surface area contributed by atoms with Crippen molar-refractivity contribution in [3.63, 3.8) is 0 Å². The molecule has 0 bridgehead atoms. The number of hydrogen-bond acceptors (Lipinski definition) is 7. The zero-order valence-corrected chi connectivity index (χ0v) is 23.3. The summed E-state index contributed by atoms with van der Waals surface area (Å²) in [5.41, 5.74) is 2.95. The number of nitrogens with one attached hydrogen (secondary N) is 1. The number of pyridine rings is 2. The summed E-state index contributed by atoms with van der Waals surface area (Å²) in [5.74, 6) is -0.644. The second kappa shape index (κ2) is 10.5. The van der Waals surface area contributed by atoms with Gasteiger partial charge in [-0.2, -0.15) is 5.10 Å². The van der Waals surface area contributed by atoms with Gasteiger partial charge in [0.05, 0.1) is 10.6 Å². The van der Waals surface area contributed by atoms with Crippen LogP contribution in [0.15, 0.2) is 99.8 Å². The van der Waals surface area contributed by atoms with Crippen molar-refractivity contribution in [2.45, 2.75) is 36.6 Å². The molecule has 0 fully saturated rings. The molecule has 0 spiro atoms. The molecule has 0 radical (unpaired) electrons. The van der Waals surface area contributed by atoms with E-state index in [4.69, 9.17) is 0 Å². The molecule has 10 heteroatoms. The molecule has 0 saturated carbocycles. The number of hydrogen-bond donors (Lipinski definition) is 2. The molecule has 0 unspecified atom stereocenters. The Balaban J connectivity index is 1.72. The van der Waals surface area contributed by atoms with Gasteiger partial charge in [0.2, 0.25) is 9.84 Å². The average molecular weight is 556 g/mol. The van der Waals surface area contributed by atoms with E-state index >= 15 is 0 Å². The van der Waals surface area contributed by atoms with Crippen LogP contribution in [0.2, 0.25) is 0 Å². The average Bonchev–Trinajstić information content (AvgIpc) is 3.36. The fourth-order valence-electron chi connectivity index (χ4n) is 4.78. The van der Waals surface area contributed by atoms with Crippen molar-refractivity contribution in [1.29, 1.82) is 0 Å². The summed E-state index contributed by atoms with van der Waals surface area (Å²) in [4.78, 5) is 21.4. The van der Waals surface area contributed by atoms with Crippen molar-refractivity contribution >= 4 is 21.2 Å². The van der Waals surface area contributed by atoms with Crippen molar-refractivity contribution in [1.82, 2.24) is 19.7 Å². The van der Waals surface area contributed by atoms with Gasteiger partial charge in [0.25, 0.3) is 5.56 Å². The fourth-order valence-corrected chi connectivity index (χ4v) is 6.15. The number of anilines is 2. The number of rotatable bonds is 7. The number of nitrogens with zero attached hydrogens (tertiary/aromatic N) is 4. The summed E-state index contributed by atoms with van der Waals surface area (Å²) >= 11 is 0. The number of sulfone groups is 1. The molecule has 9 nitrogen and oxygen atoms in total. The molecule has 204 valence electrons. The lowest BCUT2D eigenvalue weighted by molar-refractivity contribution is 0.455. The molecule has 3 heterocycles. The van der Waals surface area contributed by atoms with E-state index in [1.807, 2.05) is 63.2 Å². The van der Waals surface area contributed by atoms with E-state index in [1.54, 1.807) is 47.2 Å². The smallest absolute Gasteiger partial charge is 0.271 e. The van der Waals surface area contributed by atoms with E-state index in [0.29, 0.717) is 11.4 Å². The predicted molar refractivity (Wildman–Crippen MR) is 155 cm³/mol. The standard InChI is InChI=1S/C30H29N5O4S/c1-19(2)35(22-9-6-5-7-10-22)27-26(25-16-18-34(4)33-25)32-30(37)29(28(27)36)40(38,39)23-14-12-21(13-15-23)24-11-8-17-31-20(24)3/h5-19H,1-4H3,(H2,32,36,37). The zero-order chi connectivity index (χ0) is 28.6. The Hall–Kier alpha value is -4.70. The maximum absolute atomic E-state index is 13.9. The van der Waals surface area contributed by atoms with Gasteiger partial charge >= 0.3 is 0 Å². The molecule has 2 N–H and O–H groups in total. The zero-order valence-electron chi connectivity index (χ0n) is 22.5. The minimum atomic E-state index is -4.43. The maximum Gasteiger partial charge on any atom is 0.271 e. The van der Waals surface area contributed by atoms with E-state index < -0.39 is 26.0 Å². The van der Waals surface area contributed by atoms with E-state index in [9.17, 15) is 18.3 Å². The predicted octanol–water partition coefficient (Wildman–Crippen LogP) is 5.23. The fraction of sp³-hybridized carbons (Fsp3) is 0.167. The number of aromatic nitrogens is 4. The summed E-state index contributed by atoms with van der Waals surface area (Å²) in [5, 5.41) is 16.1. The monoisotopic (exact) mass is 555 g/mol. The van der Waals surface area contributed by atoms with Crippen molar-refractivity contribution in [3.05, 3.63) is 101 Å². The topological polar surface area (TPSA) is 121 Å². The summed E-state index contributed by atoms with van der Waals surface area (Å²) < 4.78 is 29.3. The Labute approximate surface area is 232 Å². The van der Waals surface area contributed by atoms with Crippen molar-refractivity contribution < 1.29 is 13.5 Å².